The van der Waals surface area contributed by atoms with E-state index in [2.05, 4.69) is 5.16 Å². The molecule has 12 heavy (non-hydrogen) atoms. The molecule has 0 atom stereocenters. The molecular weight excluding hydrogens is 158 g/mol. The van der Waals surface area contributed by atoms with E-state index < -0.39 is 0 Å². The first-order valence-electron chi connectivity index (χ1n) is 3.46. The van der Waals surface area contributed by atoms with E-state index in [4.69, 9.17) is 9.57 Å². The summed E-state index contributed by atoms with van der Waals surface area (Å²) >= 11 is 0. The van der Waals surface area contributed by atoms with Gasteiger partial charge in [-0.1, -0.05) is 0 Å². The predicted molar refractivity (Wildman–Crippen MR) is 42.6 cm³/mol. The van der Waals surface area contributed by atoms with Gasteiger partial charge >= 0.3 is 0 Å². The van der Waals surface area contributed by atoms with E-state index in [-0.39, 0.29) is 5.75 Å². The summed E-state index contributed by atoms with van der Waals surface area (Å²) in [5.74, 6) is 1.19. The van der Waals surface area contributed by atoms with Crippen LogP contribution in [0.25, 0.3) is 0 Å². The van der Waals surface area contributed by atoms with E-state index in [1.54, 1.807) is 13.0 Å². The minimum absolute atomic E-state index is 0.188. The second-order valence-corrected chi connectivity index (χ2v) is 2.51. The second kappa shape index (κ2) is 2.41. The number of phenolic OH excluding ortho intramolecular Hbond substituents is 1. The first-order valence-corrected chi connectivity index (χ1v) is 3.46. The van der Waals surface area contributed by atoms with Crippen molar-refractivity contribution < 1.29 is 14.7 Å². The number of aryl methyl sites for hydroxylation is 1. The topological polar surface area (TPSA) is 51.0 Å². The van der Waals surface area contributed by atoms with E-state index in [1.807, 2.05) is 0 Å². The Bertz CT molecular complexity index is 313. The molecule has 2 rings (SSSR count). The predicted octanol–water partition coefficient (Wildman–Crippen LogP) is 1.42. The molecule has 1 aromatic carbocycles. The third-order valence-electron chi connectivity index (χ3n) is 1.64. The lowest BCUT2D eigenvalue weighted by Gasteiger charge is -2.11. The number of hydrogen-bond donors (Lipinski definition) is 1. The highest BCUT2D eigenvalue weighted by Gasteiger charge is 2.11. The fraction of sp³-hybridized carbons (Fsp3) is 0.125. The Morgan fingerprint density at radius 3 is 3.00 bits per heavy atom. The van der Waals surface area contributed by atoms with Gasteiger partial charge in [-0.3, -0.25) is 0 Å². The Hall–Kier alpha value is -1.71. The van der Waals surface area contributed by atoms with Crippen LogP contribution in [0.15, 0.2) is 17.3 Å². The molecule has 1 N–H and O–H groups in total. The van der Waals surface area contributed by atoms with Crippen LogP contribution in [0.1, 0.15) is 5.56 Å². The van der Waals surface area contributed by atoms with E-state index in [0.29, 0.717) is 11.5 Å². The summed E-state index contributed by atoms with van der Waals surface area (Å²) in [6.07, 6.45) is 1.18. The maximum Gasteiger partial charge on any atom is 0.219 e. The van der Waals surface area contributed by atoms with Crippen LogP contribution in [0.4, 0.5) is 0 Å². The van der Waals surface area contributed by atoms with Crippen LogP contribution in [0, 0.1) is 6.92 Å². The molecule has 1 aliphatic heterocycles. The van der Waals surface area contributed by atoms with Gasteiger partial charge in [0.2, 0.25) is 12.2 Å². The number of aromatic hydroxyl groups is 1. The highest BCUT2D eigenvalue weighted by Crippen LogP contribution is 2.34. The number of oxime groups is 1. The van der Waals surface area contributed by atoms with Crippen LogP contribution in [-0.4, -0.2) is 11.5 Å². The lowest BCUT2D eigenvalue weighted by atomic mass is 10.2. The highest BCUT2D eigenvalue weighted by molar-refractivity contribution is 5.60. The fourth-order valence-corrected chi connectivity index (χ4v) is 0.971. The van der Waals surface area contributed by atoms with Crippen molar-refractivity contribution in [3.05, 3.63) is 17.7 Å². The van der Waals surface area contributed by atoms with E-state index in [0.717, 1.165) is 5.56 Å². The van der Waals surface area contributed by atoms with Crippen molar-refractivity contribution in [3.63, 3.8) is 0 Å². The first kappa shape index (κ1) is 6.97. The summed E-state index contributed by atoms with van der Waals surface area (Å²) in [5, 5.41) is 12.8. The van der Waals surface area contributed by atoms with Crippen molar-refractivity contribution in [2.45, 2.75) is 6.92 Å². The molecule has 0 radical (unpaired) electrons. The van der Waals surface area contributed by atoms with Gasteiger partial charge in [0.1, 0.15) is 5.75 Å². The molecule has 1 aromatic rings. The van der Waals surface area contributed by atoms with Gasteiger partial charge in [-0.2, -0.15) is 0 Å². The number of phenols is 1. The highest BCUT2D eigenvalue weighted by atomic mass is 16.7. The molecule has 62 valence electrons. The second-order valence-electron chi connectivity index (χ2n) is 2.51. The van der Waals surface area contributed by atoms with Crippen LogP contribution in [0.5, 0.6) is 17.2 Å². The van der Waals surface area contributed by atoms with Crippen molar-refractivity contribution in [2.75, 3.05) is 0 Å². The Kier molecular flexibility index (Phi) is 1.40. The van der Waals surface area contributed by atoms with Gasteiger partial charge in [-0.05, 0) is 23.7 Å². The molecule has 0 saturated heterocycles. The summed E-state index contributed by atoms with van der Waals surface area (Å²) < 4.78 is 4.98. The Labute approximate surface area is 69.0 Å². The van der Waals surface area contributed by atoms with Gasteiger partial charge < -0.3 is 14.7 Å². The summed E-state index contributed by atoms with van der Waals surface area (Å²) in [5.41, 5.74) is 0.731. The lowest BCUT2D eigenvalue weighted by molar-refractivity contribution is 0.296. The number of benzene rings is 1. The molecule has 4 nitrogen and oxygen atoms in total. The fourth-order valence-electron chi connectivity index (χ4n) is 0.971. The van der Waals surface area contributed by atoms with Crippen molar-refractivity contribution in [1.82, 2.24) is 0 Å². The summed E-state index contributed by atoms with van der Waals surface area (Å²) in [7, 11) is 0. The quantitative estimate of drug-likeness (QED) is 0.632. The van der Waals surface area contributed by atoms with Gasteiger partial charge in [-0.25, -0.2) is 0 Å². The first-order chi connectivity index (χ1) is 5.77. The molecule has 1 aliphatic rings. The lowest BCUT2D eigenvalue weighted by Crippen LogP contribution is -2.01. The zero-order valence-corrected chi connectivity index (χ0v) is 6.44. The maximum absolute atomic E-state index is 9.30. The Morgan fingerprint density at radius 1 is 1.33 bits per heavy atom. The number of rotatable bonds is 0. The van der Waals surface area contributed by atoms with Gasteiger partial charge in [0.25, 0.3) is 0 Å². The molecule has 0 aliphatic carbocycles. The van der Waals surface area contributed by atoms with Gasteiger partial charge in [-0.15, -0.1) is 0 Å². The maximum atomic E-state index is 9.30. The molecule has 0 saturated carbocycles. The Morgan fingerprint density at radius 2 is 2.17 bits per heavy atom. The molecular formula is C8H7NO3. The van der Waals surface area contributed by atoms with E-state index in [1.165, 1.54) is 12.5 Å². The third-order valence-corrected chi connectivity index (χ3v) is 1.64. The van der Waals surface area contributed by atoms with Crippen molar-refractivity contribution in [3.8, 4) is 17.2 Å². The minimum atomic E-state index is 0.188. The standard InChI is InChI=1S/C8H7NO3/c1-5-2-8-7(3-6(5)10)11-4-9-12-8/h2-4,10H,1H3. The normalized spacial score (nSPS) is 13.1. The number of nitrogens with zero attached hydrogens (tertiary/aromatic N) is 1. The van der Waals surface area contributed by atoms with Crippen LogP contribution >= 0.6 is 0 Å². The molecule has 0 bridgehead atoms. The monoisotopic (exact) mass is 165 g/mol. The van der Waals surface area contributed by atoms with Crippen molar-refractivity contribution in [1.29, 1.82) is 0 Å². The van der Waals surface area contributed by atoms with Crippen molar-refractivity contribution in [2.24, 2.45) is 5.16 Å². The zero-order chi connectivity index (χ0) is 8.55. The summed E-state index contributed by atoms with van der Waals surface area (Å²) in [6, 6.07) is 3.16. The minimum Gasteiger partial charge on any atom is -0.508 e. The van der Waals surface area contributed by atoms with E-state index in [9.17, 15) is 5.11 Å². The van der Waals surface area contributed by atoms with Crippen LogP contribution in [-0.2, 0) is 0 Å². The van der Waals surface area contributed by atoms with Gasteiger partial charge in [0.15, 0.2) is 5.75 Å². The van der Waals surface area contributed by atoms with Crippen molar-refractivity contribution >= 4 is 6.40 Å². The molecule has 0 amide bonds. The average molecular weight is 165 g/mol. The molecule has 4 heteroatoms. The zero-order valence-electron chi connectivity index (χ0n) is 6.44. The third kappa shape index (κ3) is 0.972. The summed E-state index contributed by atoms with van der Waals surface area (Å²) in [4.78, 5) is 4.89. The van der Waals surface area contributed by atoms with E-state index >= 15 is 0 Å². The average Bonchev–Trinajstić information content (AvgIpc) is 2.07. The SMILES string of the molecule is Cc1cc2c(cc1O)OC=NO2. The van der Waals surface area contributed by atoms with Crippen LogP contribution in [0.3, 0.4) is 0 Å². The smallest absolute Gasteiger partial charge is 0.219 e. The number of hydrogen-bond acceptors (Lipinski definition) is 4. The molecule has 0 spiro atoms. The summed E-state index contributed by atoms with van der Waals surface area (Å²) in [6.45, 7) is 1.78. The van der Waals surface area contributed by atoms with Crippen LogP contribution in [0.2, 0.25) is 0 Å². The van der Waals surface area contributed by atoms with Gasteiger partial charge in [0, 0.05) is 6.07 Å². The molecule has 0 unspecified atom stereocenters. The molecule has 0 fully saturated rings. The largest absolute Gasteiger partial charge is 0.508 e. The number of ether oxygens (including phenoxy) is 1. The Balaban J connectivity index is 2.53. The molecule has 0 aromatic heterocycles. The van der Waals surface area contributed by atoms with Crippen LogP contribution < -0.4 is 9.57 Å². The number of fused-ring (bicyclic) bond motifs is 1. The van der Waals surface area contributed by atoms with Gasteiger partial charge in [0.05, 0.1) is 0 Å². The molecule has 1 heterocycles.